The normalized spacial score (nSPS) is 12.3. The van der Waals surface area contributed by atoms with Crippen molar-refractivity contribution < 1.29 is 19.1 Å². The van der Waals surface area contributed by atoms with Gasteiger partial charge in [0.05, 0.1) is 5.41 Å². The number of carbonyl (C=O) groups excluding carboxylic acids is 2. The number of ketones is 2. The van der Waals surface area contributed by atoms with Crippen LogP contribution in [0, 0.1) is 0 Å². The van der Waals surface area contributed by atoms with Gasteiger partial charge in [0.25, 0.3) is 0 Å². The molecule has 0 saturated carbocycles. The van der Waals surface area contributed by atoms with Gasteiger partial charge < -0.3 is 9.47 Å². The van der Waals surface area contributed by atoms with Crippen molar-refractivity contribution >= 4 is 34.8 Å². The standard InChI is InChI=1S/C51H32Cl2O4/c52-39-21-9-33(10-22-39)49(54)35-13-25-41(26-14-35)56-43-29-17-37(18-30-43)51(47-7-3-1-5-45(47)46-6-2-4-8-48(46)51)38-19-31-44(32-20-38)57-42-27-15-36(16-28-42)50(55)34-11-23-40(53)24-12-34/h1-32H. The SMILES string of the molecule is O=C(c1ccc(Cl)cc1)c1ccc(Oc2ccc(C3(c4ccc(Oc5ccc(C(=O)c6ccc(Cl)cc6)cc5)cc4)c4ccccc4-c4ccccc43)cc2)cc1. The highest BCUT2D eigenvalue weighted by atomic mass is 35.5. The van der Waals surface area contributed by atoms with Crippen molar-refractivity contribution in [1.82, 2.24) is 0 Å². The van der Waals surface area contributed by atoms with E-state index in [-0.39, 0.29) is 11.6 Å². The average Bonchev–Trinajstić information content (AvgIpc) is 3.56. The Morgan fingerprint density at radius 2 is 0.632 bits per heavy atom. The van der Waals surface area contributed by atoms with Crippen LogP contribution < -0.4 is 9.47 Å². The highest BCUT2D eigenvalue weighted by Gasteiger charge is 2.45. The van der Waals surface area contributed by atoms with E-state index in [9.17, 15) is 9.59 Å². The molecule has 0 heterocycles. The molecule has 0 aromatic heterocycles. The van der Waals surface area contributed by atoms with E-state index in [4.69, 9.17) is 32.7 Å². The number of benzene rings is 8. The minimum Gasteiger partial charge on any atom is -0.457 e. The molecule has 6 heteroatoms. The molecule has 0 spiro atoms. The molecule has 4 nitrogen and oxygen atoms in total. The summed E-state index contributed by atoms with van der Waals surface area (Å²) in [5.41, 5.74) is 8.60. The molecule has 0 amide bonds. The zero-order chi connectivity index (χ0) is 38.9. The molecule has 57 heavy (non-hydrogen) atoms. The molecule has 8 aromatic rings. The third-order valence-corrected chi connectivity index (χ3v) is 10.9. The van der Waals surface area contributed by atoms with E-state index in [1.54, 1.807) is 97.1 Å². The van der Waals surface area contributed by atoms with Gasteiger partial charge in [-0.05, 0) is 155 Å². The maximum atomic E-state index is 13.0. The van der Waals surface area contributed by atoms with E-state index in [0.717, 1.165) is 11.1 Å². The Balaban J connectivity index is 0.999. The molecule has 0 radical (unpaired) electrons. The summed E-state index contributed by atoms with van der Waals surface area (Å²) in [6.07, 6.45) is 0. The lowest BCUT2D eigenvalue weighted by Gasteiger charge is -2.34. The Morgan fingerprint density at radius 1 is 0.351 bits per heavy atom. The van der Waals surface area contributed by atoms with Gasteiger partial charge in [0.1, 0.15) is 23.0 Å². The fraction of sp³-hybridized carbons (Fsp3) is 0.0196. The van der Waals surface area contributed by atoms with Crippen LogP contribution in [0.4, 0.5) is 0 Å². The quantitative estimate of drug-likeness (QED) is 0.130. The van der Waals surface area contributed by atoms with Gasteiger partial charge in [-0.15, -0.1) is 0 Å². The van der Waals surface area contributed by atoms with E-state index in [2.05, 4.69) is 72.8 Å². The van der Waals surface area contributed by atoms with E-state index in [1.807, 2.05) is 24.3 Å². The number of ether oxygens (including phenoxy) is 2. The summed E-state index contributed by atoms with van der Waals surface area (Å²) in [6.45, 7) is 0. The molecule has 1 aliphatic carbocycles. The molecule has 8 aromatic carbocycles. The molecule has 0 aliphatic heterocycles. The van der Waals surface area contributed by atoms with Crippen LogP contribution in [0.3, 0.4) is 0 Å². The van der Waals surface area contributed by atoms with Crippen molar-refractivity contribution in [2.24, 2.45) is 0 Å². The van der Waals surface area contributed by atoms with Crippen molar-refractivity contribution in [2.75, 3.05) is 0 Å². The minimum absolute atomic E-state index is 0.0814. The third kappa shape index (κ3) is 6.80. The first-order chi connectivity index (χ1) is 27.9. The zero-order valence-corrected chi connectivity index (χ0v) is 31.9. The van der Waals surface area contributed by atoms with Crippen LogP contribution in [-0.4, -0.2) is 11.6 Å². The molecule has 9 rings (SSSR count). The highest BCUT2D eigenvalue weighted by molar-refractivity contribution is 6.31. The van der Waals surface area contributed by atoms with Gasteiger partial charge in [-0.1, -0.05) is 96.0 Å². The highest BCUT2D eigenvalue weighted by Crippen LogP contribution is 2.56. The van der Waals surface area contributed by atoms with E-state index in [1.165, 1.54) is 22.3 Å². The molecule has 0 bridgehead atoms. The summed E-state index contributed by atoms with van der Waals surface area (Å²) in [5.74, 6) is 2.44. The first-order valence-corrected chi connectivity index (χ1v) is 19.2. The van der Waals surface area contributed by atoms with Crippen LogP contribution in [0.15, 0.2) is 194 Å². The smallest absolute Gasteiger partial charge is 0.193 e. The molecule has 0 saturated heterocycles. The summed E-state index contributed by atoms with van der Waals surface area (Å²) in [5, 5.41) is 1.17. The number of hydrogen-bond donors (Lipinski definition) is 0. The molecular weight excluding hydrogens is 747 g/mol. The minimum atomic E-state index is -0.613. The van der Waals surface area contributed by atoms with Crippen LogP contribution in [0.2, 0.25) is 10.0 Å². The Bertz CT molecular complexity index is 2550. The van der Waals surface area contributed by atoms with Crippen molar-refractivity contribution in [1.29, 1.82) is 0 Å². The summed E-state index contributed by atoms with van der Waals surface area (Å²) in [7, 11) is 0. The molecule has 1 aliphatic rings. The second-order valence-corrected chi connectivity index (χ2v) is 14.7. The maximum Gasteiger partial charge on any atom is 0.193 e. The lowest BCUT2D eigenvalue weighted by molar-refractivity contribution is 0.103. The Labute approximate surface area is 340 Å². The van der Waals surface area contributed by atoms with Gasteiger partial charge in [-0.25, -0.2) is 0 Å². The molecule has 0 N–H and O–H groups in total. The number of halogens is 2. The fourth-order valence-electron chi connectivity index (χ4n) is 7.73. The van der Waals surface area contributed by atoms with Gasteiger partial charge >= 0.3 is 0 Å². The van der Waals surface area contributed by atoms with Crippen LogP contribution >= 0.6 is 23.2 Å². The molecular formula is C51H32Cl2O4. The number of fused-ring (bicyclic) bond motifs is 3. The van der Waals surface area contributed by atoms with Crippen LogP contribution in [-0.2, 0) is 5.41 Å². The van der Waals surface area contributed by atoms with Gasteiger partial charge in [0.2, 0.25) is 0 Å². The van der Waals surface area contributed by atoms with Crippen LogP contribution in [0.1, 0.15) is 54.1 Å². The van der Waals surface area contributed by atoms with E-state index < -0.39 is 5.41 Å². The van der Waals surface area contributed by atoms with E-state index in [0.29, 0.717) is 55.3 Å². The number of carbonyl (C=O) groups is 2. The van der Waals surface area contributed by atoms with Crippen molar-refractivity contribution in [3.8, 4) is 34.1 Å². The predicted octanol–water partition coefficient (Wildman–Crippen LogP) is 13.4. The second-order valence-electron chi connectivity index (χ2n) is 13.8. The first kappa shape index (κ1) is 35.9. The summed E-state index contributed by atoms with van der Waals surface area (Å²) in [4.78, 5) is 26.0. The maximum absolute atomic E-state index is 13.0. The number of hydrogen-bond acceptors (Lipinski definition) is 4. The molecule has 0 fully saturated rings. The van der Waals surface area contributed by atoms with Crippen molar-refractivity contribution in [3.63, 3.8) is 0 Å². The summed E-state index contributed by atoms with van der Waals surface area (Å²) < 4.78 is 12.6. The fourth-order valence-corrected chi connectivity index (χ4v) is 7.98. The van der Waals surface area contributed by atoms with E-state index >= 15 is 0 Å². The monoisotopic (exact) mass is 778 g/mol. The Hall–Kier alpha value is -6.72. The summed E-state index contributed by atoms with van der Waals surface area (Å²) in [6, 6.07) is 61.7. The van der Waals surface area contributed by atoms with Crippen molar-refractivity contribution in [3.05, 3.63) is 249 Å². The van der Waals surface area contributed by atoms with Gasteiger partial charge in [0.15, 0.2) is 11.6 Å². The predicted molar refractivity (Wildman–Crippen MR) is 227 cm³/mol. The topological polar surface area (TPSA) is 52.6 Å². The average molecular weight is 780 g/mol. The van der Waals surface area contributed by atoms with Crippen LogP contribution in [0.5, 0.6) is 23.0 Å². The lowest BCUT2D eigenvalue weighted by atomic mass is 9.68. The second kappa shape index (κ2) is 15.1. The van der Waals surface area contributed by atoms with Gasteiger partial charge in [0, 0.05) is 32.3 Å². The van der Waals surface area contributed by atoms with Gasteiger partial charge in [-0.2, -0.15) is 0 Å². The first-order valence-electron chi connectivity index (χ1n) is 18.4. The van der Waals surface area contributed by atoms with Crippen LogP contribution in [0.25, 0.3) is 11.1 Å². The molecule has 274 valence electrons. The largest absolute Gasteiger partial charge is 0.457 e. The molecule has 0 atom stereocenters. The number of rotatable bonds is 10. The molecule has 0 unspecified atom stereocenters. The lowest BCUT2D eigenvalue weighted by Crippen LogP contribution is -2.28. The Morgan fingerprint density at radius 3 is 0.965 bits per heavy atom. The zero-order valence-electron chi connectivity index (χ0n) is 30.4. The Kier molecular flexibility index (Phi) is 9.51. The van der Waals surface area contributed by atoms with Crippen molar-refractivity contribution in [2.45, 2.75) is 5.41 Å². The van der Waals surface area contributed by atoms with Gasteiger partial charge in [-0.3, -0.25) is 9.59 Å². The summed E-state index contributed by atoms with van der Waals surface area (Å²) >= 11 is 12.0. The third-order valence-electron chi connectivity index (χ3n) is 10.4.